The Morgan fingerprint density at radius 1 is 1.45 bits per heavy atom. The molecule has 6 heteroatoms. The van der Waals surface area contributed by atoms with Gasteiger partial charge in [-0.15, -0.1) is 0 Å². The molecule has 1 aromatic heterocycles. The van der Waals surface area contributed by atoms with Crippen molar-refractivity contribution >= 4 is 21.6 Å². The lowest BCUT2D eigenvalue weighted by molar-refractivity contribution is 0.374. The minimum absolute atomic E-state index is 0.0869. The number of halogens is 1. The summed E-state index contributed by atoms with van der Waals surface area (Å²) >= 11 is 3.44. The van der Waals surface area contributed by atoms with Crippen LogP contribution in [0.25, 0.3) is 0 Å². The number of aromatic nitrogens is 2. The third-order valence-electron chi connectivity index (χ3n) is 4.02. The van der Waals surface area contributed by atoms with Gasteiger partial charge in [-0.25, -0.2) is 4.68 Å². The average Bonchev–Trinajstić information content (AvgIpc) is 2.44. The van der Waals surface area contributed by atoms with Crippen molar-refractivity contribution in [2.45, 2.75) is 51.1 Å². The maximum atomic E-state index is 12.0. The van der Waals surface area contributed by atoms with E-state index in [1.807, 2.05) is 0 Å². The van der Waals surface area contributed by atoms with Crippen molar-refractivity contribution in [3.63, 3.8) is 0 Å². The van der Waals surface area contributed by atoms with E-state index < -0.39 is 0 Å². The van der Waals surface area contributed by atoms with Crippen LogP contribution in [-0.2, 0) is 7.05 Å². The van der Waals surface area contributed by atoms with Crippen LogP contribution < -0.4 is 16.2 Å². The minimum atomic E-state index is -0.0869. The van der Waals surface area contributed by atoms with Crippen molar-refractivity contribution in [3.05, 3.63) is 21.0 Å². The molecule has 1 heterocycles. The minimum Gasteiger partial charge on any atom is -0.366 e. The number of nitrogens with zero attached hydrogens (tertiary/aromatic N) is 3. The molecule has 0 saturated heterocycles. The van der Waals surface area contributed by atoms with Gasteiger partial charge in [0.25, 0.3) is 5.56 Å². The van der Waals surface area contributed by atoms with Gasteiger partial charge in [0.2, 0.25) is 0 Å². The SMILES string of the molecule is CCCN(c1cnn(C)c(=O)c1Br)C1CCC(N)CC1. The molecule has 1 aliphatic carbocycles. The molecule has 0 radical (unpaired) electrons. The lowest BCUT2D eigenvalue weighted by Gasteiger charge is -2.37. The van der Waals surface area contributed by atoms with E-state index in [9.17, 15) is 4.79 Å². The average molecular weight is 343 g/mol. The number of hydrogen-bond donors (Lipinski definition) is 1. The fourth-order valence-electron chi connectivity index (χ4n) is 2.86. The van der Waals surface area contributed by atoms with Crippen LogP contribution in [0.1, 0.15) is 39.0 Å². The Balaban J connectivity index is 2.29. The normalized spacial score (nSPS) is 22.8. The van der Waals surface area contributed by atoms with Gasteiger partial charge in [-0.05, 0) is 48.0 Å². The molecule has 5 nitrogen and oxygen atoms in total. The molecule has 112 valence electrons. The molecular formula is C14H23BrN4O. The Morgan fingerprint density at radius 2 is 2.10 bits per heavy atom. The Kier molecular flexibility index (Phi) is 5.21. The van der Waals surface area contributed by atoms with E-state index in [2.05, 4.69) is 32.9 Å². The summed E-state index contributed by atoms with van der Waals surface area (Å²) in [4.78, 5) is 14.4. The lowest BCUT2D eigenvalue weighted by Crippen LogP contribution is -2.42. The van der Waals surface area contributed by atoms with Gasteiger partial charge in [-0.2, -0.15) is 5.10 Å². The topological polar surface area (TPSA) is 64.2 Å². The van der Waals surface area contributed by atoms with Crippen LogP contribution in [0.5, 0.6) is 0 Å². The second-order valence-electron chi connectivity index (χ2n) is 5.53. The van der Waals surface area contributed by atoms with E-state index in [0.717, 1.165) is 44.3 Å². The quantitative estimate of drug-likeness (QED) is 0.909. The van der Waals surface area contributed by atoms with Crippen LogP contribution in [0.4, 0.5) is 5.69 Å². The highest BCUT2D eigenvalue weighted by atomic mass is 79.9. The van der Waals surface area contributed by atoms with E-state index in [4.69, 9.17) is 5.73 Å². The molecule has 1 aromatic rings. The zero-order valence-electron chi connectivity index (χ0n) is 12.2. The van der Waals surface area contributed by atoms with Gasteiger partial charge in [-0.1, -0.05) is 6.92 Å². The van der Waals surface area contributed by atoms with Crippen molar-refractivity contribution in [2.24, 2.45) is 12.8 Å². The van der Waals surface area contributed by atoms with E-state index in [-0.39, 0.29) is 5.56 Å². The van der Waals surface area contributed by atoms with Crippen molar-refractivity contribution in [2.75, 3.05) is 11.4 Å². The molecule has 0 amide bonds. The summed E-state index contributed by atoms with van der Waals surface area (Å²) in [7, 11) is 1.67. The first-order valence-corrected chi connectivity index (χ1v) is 8.08. The summed E-state index contributed by atoms with van der Waals surface area (Å²) in [5, 5.41) is 4.16. The summed E-state index contributed by atoms with van der Waals surface area (Å²) in [6.45, 7) is 3.09. The third kappa shape index (κ3) is 3.23. The van der Waals surface area contributed by atoms with Crippen molar-refractivity contribution < 1.29 is 0 Å². The van der Waals surface area contributed by atoms with Gasteiger partial charge in [-0.3, -0.25) is 4.79 Å². The Labute approximate surface area is 128 Å². The molecule has 0 aliphatic heterocycles. The largest absolute Gasteiger partial charge is 0.366 e. The molecule has 0 atom stereocenters. The fourth-order valence-corrected chi connectivity index (χ4v) is 3.44. The van der Waals surface area contributed by atoms with Crippen molar-refractivity contribution in [3.8, 4) is 0 Å². The third-order valence-corrected chi connectivity index (χ3v) is 4.76. The number of rotatable bonds is 4. The van der Waals surface area contributed by atoms with Crippen LogP contribution in [0.3, 0.4) is 0 Å². The van der Waals surface area contributed by atoms with E-state index in [1.165, 1.54) is 4.68 Å². The highest BCUT2D eigenvalue weighted by Gasteiger charge is 2.26. The number of anilines is 1. The first-order valence-electron chi connectivity index (χ1n) is 7.28. The molecule has 1 saturated carbocycles. The maximum Gasteiger partial charge on any atom is 0.282 e. The Hall–Kier alpha value is -0.880. The number of aryl methyl sites for hydroxylation is 1. The van der Waals surface area contributed by atoms with Gasteiger partial charge in [0.05, 0.1) is 11.9 Å². The molecule has 0 unspecified atom stereocenters. The zero-order chi connectivity index (χ0) is 14.7. The van der Waals surface area contributed by atoms with E-state index >= 15 is 0 Å². The van der Waals surface area contributed by atoms with Crippen LogP contribution in [0, 0.1) is 0 Å². The van der Waals surface area contributed by atoms with E-state index in [1.54, 1.807) is 13.2 Å². The predicted molar refractivity (Wildman–Crippen MR) is 85.0 cm³/mol. The molecule has 0 spiro atoms. The molecule has 1 fully saturated rings. The lowest BCUT2D eigenvalue weighted by atomic mass is 9.90. The molecule has 20 heavy (non-hydrogen) atoms. The van der Waals surface area contributed by atoms with Crippen molar-refractivity contribution in [1.82, 2.24) is 9.78 Å². The van der Waals surface area contributed by atoms with Gasteiger partial charge in [0.15, 0.2) is 0 Å². The molecule has 1 aliphatic rings. The van der Waals surface area contributed by atoms with Crippen LogP contribution in [0.15, 0.2) is 15.5 Å². The summed E-state index contributed by atoms with van der Waals surface area (Å²) in [5.41, 5.74) is 6.82. The standard InChI is InChI=1S/C14H23BrN4O/c1-3-8-19(11-6-4-10(16)5-7-11)12-9-17-18(2)14(20)13(12)15/h9-11H,3-8,16H2,1-2H3. The fraction of sp³-hybridized carbons (Fsp3) is 0.714. The first-order chi connectivity index (χ1) is 9.54. The Bertz CT molecular complexity index is 508. The van der Waals surface area contributed by atoms with Crippen LogP contribution in [-0.4, -0.2) is 28.4 Å². The monoisotopic (exact) mass is 342 g/mol. The zero-order valence-corrected chi connectivity index (χ0v) is 13.8. The molecule has 0 aromatic carbocycles. The predicted octanol–water partition coefficient (Wildman–Crippen LogP) is 2.03. The van der Waals surface area contributed by atoms with E-state index in [0.29, 0.717) is 16.6 Å². The summed E-state index contributed by atoms with van der Waals surface area (Å²) in [5.74, 6) is 0. The van der Waals surface area contributed by atoms with Gasteiger partial charge >= 0.3 is 0 Å². The molecular weight excluding hydrogens is 320 g/mol. The summed E-state index contributed by atoms with van der Waals surface area (Å²) < 4.78 is 1.97. The van der Waals surface area contributed by atoms with Gasteiger partial charge in [0.1, 0.15) is 4.47 Å². The summed E-state index contributed by atoms with van der Waals surface area (Å²) in [6.07, 6.45) is 7.12. The van der Waals surface area contributed by atoms with Crippen LogP contribution in [0.2, 0.25) is 0 Å². The first kappa shape index (κ1) is 15.5. The van der Waals surface area contributed by atoms with Crippen molar-refractivity contribution in [1.29, 1.82) is 0 Å². The maximum absolute atomic E-state index is 12.0. The molecule has 0 bridgehead atoms. The molecule has 2 rings (SSSR count). The highest BCUT2D eigenvalue weighted by molar-refractivity contribution is 9.10. The number of nitrogens with two attached hydrogens (primary N) is 1. The van der Waals surface area contributed by atoms with Gasteiger partial charge < -0.3 is 10.6 Å². The van der Waals surface area contributed by atoms with Crippen LogP contribution >= 0.6 is 15.9 Å². The Morgan fingerprint density at radius 3 is 2.70 bits per heavy atom. The number of hydrogen-bond acceptors (Lipinski definition) is 4. The smallest absolute Gasteiger partial charge is 0.282 e. The summed E-state index contributed by atoms with van der Waals surface area (Å²) in [6, 6.07) is 0.792. The second-order valence-corrected chi connectivity index (χ2v) is 6.33. The second kappa shape index (κ2) is 6.72. The molecule has 2 N–H and O–H groups in total. The highest BCUT2D eigenvalue weighted by Crippen LogP contribution is 2.30. The van der Waals surface area contributed by atoms with Gasteiger partial charge in [0, 0.05) is 25.7 Å².